The maximum Gasteiger partial charge on any atom is 0.325 e. The summed E-state index contributed by atoms with van der Waals surface area (Å²) >= 11 is 0. The van der Waals surface area contributed by atoms with Crippen LogP contribution in [-0.4, -0.2) is 62.8 Å². The largest absolute Gasteiger partial charge is 0.468 e. The Labute approximate surface area is 105 Å². The topological polar surface area (TPSA) is 82.1 Å². The van der Waals surface area contributed by atoms with E-state index >= 15 is 0 Å². The van der Waals surface area contributed by atoms with E-state index in [1.54, 1.807) is 0 Å². The first-order valence-corrected chi connectivity index (χ1v) is 5.62. The third kappa shape index (κ3) is 3.99. The quantitative estimate of drug-likeness (QED) is 0.610. The van der Waals surface area contributed by atoms with Crippen LogP contribution in [0, 0.1) is 0 Å². The van der Waals surface area contributed by atoms with Crippen molar-refractivity contribution in [2.24, 2.45) is 0 Å². The Balaban J connectivity index is 2.65. The summed E-state index contributed by atoms with van der Waals surface area (Å²) in [6.45, 7) is -0.0602. The lowest BCUT2D eigenvalue weighted by atomic mass is 10.2. The SMILES string of the molecule is COC(=O)CN(CC(=O)OC)C(=O)C1CCCO1. The molecule has 1 amide bonds. The van der Waals surface area contributed by atoms with Crippen molar-refractivity contribution >= 4 is 17.8 Å². The Bertz CT molecular complexity index is 305. The average molecular weight is 259 g/mol. The highest BCUT2D eigenvalue weighted by Crippen LogP contribution is 2.14. The van der Waals surface area contributed by atoms with Gasteiger partial charge in [0.15, 0.2) is 0 Å². The van der Waals surface area contributed by atoms with Gasteiger partial charge < -0.3 is 19.1 Å². The molecule has 0 N–H and O–H groups in total. The van der Waals surface area contributed by atoms with E-state index in [4.69, 9.17) is 4.74 Å². The van der Waals surface area contributed by atoms with Gasteiger partial charge >= 0.3 is 11.9 Å². The Morgan fingerprint density at radius 2 is 1.72 bits per heavy atom. The third-order valence-electron chi connectivity index (χ3n) is 2.61. The van der Waals surface area contributed by atoms with Gasteiger partial charge in [0.05, 0.1) is 14.2 Å². The molecule has 0 aliphatic carbocycles. The fourth-order valence-corrected chi connectivity index (χ4v) is 1.63. The van der Waals surface area contributed by atoms with Gasteiger partial charge in [-0.2, -0.15) is 0 Å². The van der Waals surface area contributed by atoms with Crippen LogP contribution in [0.15, 0.2) is 0 Å². The van der Waals surface area contributed by atoms with Gasteiger partial charge in [-0.05, 0) is 12.8 Å². The van der Waals surface area contributed by atoms with E-state index < -0.39 is 18.0 Å². The van der Waals surface area contributed by atoms with Crippen LogP contribution in [0.4, 0.5) is 0 Å². The zero-order valence-corrected chi connectivity index (χ0v) is 10.5. The van der Waals surface area contributed by atoms with E-state index in [2.05, 4.69) is 9.47 Å². The molecule has 1 aliphatic rings. The van der Waals surface area contributed by atoms with Gasteiger partial charge in [-0.15, -0.1) is 0 Å². The number of rotatable bonds is 5. The van der Waals surface area contributed by atoms with Crippen molar-refractivity contribution in [3.05, 3.63) is 0 Å². The first-order valence-electron chi connectivity index (χ1n) is 5.62. The summed E-state index contributed by atoms with van der Waals surface area (Å²) in [7, 11) is 2.43. The molecule has 0 spiro atoms. The number of nitrogens with zero attached hydrogens (tertiary/aromatic N) is 1. The van der Waals surface area contributed by atoms with Gasteiger partial charge in [0.25, 0.3) is 5.91 Å². The van der Waals surface area contributed by atoms with Gasteiger partial charge in [-0.25, -0.2) is 0 Å². The Kier molecular flexibility index (Phi) is 5.57. The number of hydrogen-bond acceptors (Lipinski definition) is 6. The summed E-state index contributed by atoms with van der Waals surface area (Å²) in [6.07, 6.45) is 0.803. The highest BCUT2D eigenvalue weighted by atomic mass is 16.5. The van der Waals surface area contributed by atoms with Crippen molar-refractivity contribution in [3.8, 4) is 0 Å². The molecular weight excluding hydrogens is 242 g/mol. The maximum absolute atomic E-state index is 12.0. The van der Waals surface area contributed by atoms with Crippen molar-refractivity contribution in [2.45, 2.75) is 18.9 Å². The first kappa shape index (κ1) is 14.4. The third-order valence-corrected chi connectivity index (χ3v) is 2.61. The molecule has 0 aromatic carbocycles. The van der Waals surface area contributed by atoms with Crippen LogP contribution < -0.4 is 0 Å². The molecule has 0 radical (unpaired) electrons. The highest BCUT2D eigenvalue weighted by Gasteiger charge is 2.30. The van der Waals surface area contributed by atoms with E-state index in [1.807, 2.05) is 0 Å². The second-order valence-electron chi connectivity index (χ2n) is 3.85. The van der Waals surface area contributed by atoms with E-state index in [0.717, 1.165) is 11.3 Å². The number of amides is 1. The molecule has 1 rings (SSSR count). The van der Waals surface area contributed by atoms with Crippen LogP contribution in [0.3, 0.4) is 0 Å². The van der Waals surface area contributed by atoms with Gasteiger partial charge in [0, 0.05) is 6.61 Å². The minimum absolute atomic E-state index is 0.287. The number of ether oxygens (including phenoxy) is 3. The normalized spacial score (nSPS) is 18.2. The number of methoxy groups -OCH3 is 2. The smallest absolute Gasteiger partial charge is 0.325 e. The Morgan fingerprint density at radius 3 is 2.11 bits per heavy atom. The zero-order chi connectivity index (χ0) is 13.5. The molecule has 0 bridgehead atoms. The van der Waals surface area contributed by atoms with Crippen molar-refractivity contribution in [1.82, 2.24) is 4.90 Å². The van der Waals surface area contributed by atoms with E-state index in [1.165, 1.54) is 14.2 Å². The lowest BCUT2D eigenvalue weighted by Crippen LogP contribution is -2.45. The molecule has 0 aromatic heterocycles. The van der Waals surface area contributed by atoms with Gasteiger partial charge in [-0.1, -0.05) is 0 Å². The number of carbonyl (C=O) groups excluding carboxylic acids is 3. The van der Waals surface area contributed by atoms with Crippen molar-refractivity contribution < 1.29 is 28.6 Å². The lowest BCUT2D eigenvalue weighted by Gasteiger charge is -2.22. The Morgan fingerprint density at radius 1 is 1.17 bits per heavy atom. The molecule has 1 atom stereocenters. The average Bonchev–Trinajstić information content (AvgIpc) is 2.90. The summed E-state index contributed by atoms with van der Waals surface area (Å²) in [5, 5.41) is 0. The fourth-order valence-electron chi connectivity index (χ4n) is 1.63. The second-order valence-corrected chi connectivity index (χ2v) is 3.85. The first-order chi connectivity index (χ1) is 8.58. The minimum atomic E-state index is -0.592. The number of hydrogen-bond donors (Lipinski definition) is 0. The number of esters is 2. The van der Waals surface area contributed by atoms with Crippen LogP contribution in [-0.2, 0) is 28.6 Å². The van der Waals surface area contributed by atoms with Crippen LogP contribution in [0.2, 0.25) is 0 Å². The summed E-state index contributed by atoms with van der Waals surface area (Å²) < 4.78 is 14.2. The predicted octanol–water partition coefficient (Wildman–Crippen LogP) is -0.660. The van der Waals surface area contributed by atoms with Crippen LogP contribution in [0.1, 0.15) is 12.8 Å². The summed E-state index contributed by atoms with van der Waals surface area (Å²) in [5.74, 6) is -1.57. The molecule has 7 nitrogen and oxygen atoms in total. The molecule has 18 heavy (non-hydrogen) atoms. The minimum Gasteiger partial charge on any atom is -0.468 e. The van der Waals surface area contributed by atoms with Crippen LogP contribution in [0.5, 0.6) is 0 Å². The maximum atomic E-state index is 12.0. The summed E-state index contributed by atoms with van der Waals surface area (Å²) in [4.78, 5) is 35.5. The molecule has 0 saturated carbocycles. The molecular formula is C11H17NO6. The highest BCUT2D eigenvalue weighted by molar-refractivity contribution is 5.88. The van der Waals surface area contributed by atoms with Gasteiger partial charge in [-0.3, -0.25) is 14.4 Å². The van der Waals surface area contributed by atoms with Crippen molar-refractivity contribution in [1.29, 1.82) is 0 Å². The molecule has 0 aromatic rings. The molecule has 1 heterocycles. The predicted molar refractivity (Wildman–Crippen MR) is 59.6 cm³/mol. The van der Waals surface area contributed by atoms with E-state index in [-0.39, 0.29) is 19.0 Å². The fraction of sp³-hybridized carbons (Fsp3) is 0.727. The number of carbonyl (C=O) groups is 3. The summed E-state index contributed by atoms with van der Waals surface area (Å²) in [6, 6.07) is 0. The molecule has 1 fully saturated rings. The van der Waals surface area contributed by atoms with Crippen molar-refractivity contribution in [2.75, 3.05) is 33.9 Å². The standard InChI is InChI=1S/C11H17NO6/c1-16-9(13)6-12(7-10(14)17-2)11(15)8-4-3-5-18-8/h8H,3-7H2,1-2H3. The molecule has 102 valence electrons. The van der Waals surface area contributed by atoms with Gasteiger partial charge in [0.2, 0.25) is 0 Å². The molecule has 1 aliphatic heterocycles. The Hall–Kier alpha value is -1.63. The monoisotopic (exact) mass is 259 g/mol. The van der Waals surface area contributed by atoms with Crippen molar-refractivity contribution in [3.63, 3.8) is 0 Å². The van der Waals surface area contributed by atoms with Crippen LogP contribution in [0.25, 0.3) is 0 Å². The second kappa shape index (κ2) is 6.95. The van der Waals surface area contributed by atoms with Crippen LogP contribution >= 0.6 is 0 Å². The van der Waals surface area contributed by atoms with E-state index in [9.17, 15) is 14.4 Å². The lowest BCUT2D eigenvalue weighted by molar-refractivity contribution is -0.155. The van der Waals surface area contributed by atoms with E-state index in [0.29, 0.717) is 13.0 Å². The summed E-state index contributed by atoms with van der Waals surface area (Å²) in [5.41, 5.74) is 0. The molecule has 1 saturated heterocycles. The molecule has 1 unspecified atom stereocenters. The van der Waals surface area contributed by atoms with Gasteiger partial charge in [0.1, 0.15) is 19.2 Å². The zero-order valence-electron chi connectivity index (χ0n) is 10.5. The molecule has 7 heteroatoms.